The Morgan fingerprint density at radius 3 is 2.29 bits per heavy atom. The molecule has 1 aliphatic heterocycles. The molecule has 1 heterocycles. The normalized spacial score (nSPS) is 21.1. The molecule has 2 N–H and O–H groups in total. The second kappa shape index (κ2) is 5.81. The first-order valence-corrected chi connectivity index (χ1v) is 6.99. The van der Waals surface area contributed by atoms with Crippen LogP contribution in [0.15, 0.2) is 35.3 Å². The summed E-state index contributed by atoms with van der Waals surface area (Å²) in [5, 5.41) is 3.61. The third kappa shape index (κ3) is 3.50. The number of nitrogens with zero attached hydrogens (tertiary/aromatic N) is 1. The van der Waals surface area contributed by atoms with Crippen LogP contribution in [-0.4, -0.2) is 35.3 Å². The first-order chi connectivity index (χ1) is 10.9. The van der Waals surface area contributed by atoms with Gasteiger partial charge in [-0.2, -0.15) is 13.2 Å². The maximum atomic E-state index is 13.5. The number of rotatable bonds is 2. The van der Waals surface area contributed by atoms with Gasteiger partial charge in [-0.25, -0.2) is 9.79 Å². The lowest BCUT2D eigenvalue weighted by Gasteiger charge is -2.28. The smallest absolute Gasteiger partial charge is 0.442 e. The number of alkyl carbamates (subject to hydrolysis) is 1. The molecule has 1 aromatic carbocycles. The van der Waals surface area contributed by atoms with Crippen molar-refractivity contribution in [3.63, 3.8) is 0 Å². The molecule has 0 aromatic heterocycles. The molecule has 1 atom stereocenters. The minimum absolute atomic E-state index is 0.281. The molecule has 0 aliphatic carbocycles. The van der Waals surface area contributed by atoms with Crippen LogP contribution in [0.5, 0.6) is 0 Å². The predicted molar refractivity (Wildman–Crippen MR) is 79.3 cm³/mol. The first kappa shape index (κ1) is 17.8. The van der Waals surface area contributed by atoms with Gasteiger partial charge in [-0.15, -0.1) is 0 Å². The van der Waals surface area contributed by atoms with Crippen molar-refractivity contribution in [1.82, 2.24) is 10.6 Å². The van der Waals surface area contributed by atoms with E-state index < -0.39 is 29.4 Å². The number of halogens is 3. The number of amidine groups is 1. The summed E-state index contributed by atoms with van der Waals surface area (Å²) in [6.07, 6.45) is -6.54. The number of hydrogen-bond donors (Lipinski definition) is 2. The van der Waals surface area contributed by atoms with Crippen molar-refractivity contribution < 1.29 is 27.5 Å². The van der Waals surface area contributed by atoms with Gasteiger partial charge in [0.25, 0.3) is 5.91 Å². The molecule has 0 saturated heterocycles. The average molecular weight is 343 g/mol. The van der Waals surface area contributed by atoms with E-state index in [1.807, 2.05) is 0 Å². The predicted octanol–water partition coefficient (Wildman–Crippen LogP) is 2.35. The monoisotopic (exact) mass is 343 g/mol. The van der Waals surface area contributed by atoms with Crippen LogP contribution in [0.2, 0.25) is 0 Å². The van der Waals surface area contributed by atoms with Crippen LogP contribution in [-0.2, 0) is 9.53 Å². The number of ether oxygens (including phenoxy) is 1. The summed E-state index contributed by atoms with van der Waals surface area (Å²) >= 11 is 0. The Balaban J connectivity index is 2.40. The van der Waals surface area contributed by atoms with Crippen LogP contribution in [0, 0.1) is 0 Å². The molecular weight excluding hydrogens is 327 g/mol. The lowest BCUT2D eigenvalue weighted by Crippen LogP contribution is -2.63. The van der Waals surface area contributed by atoms with E-state index in [0.717, 1.165) is 0 Å². The van der Waals surface area contributed by atoms with E-state index in [0.29, 0.717) is 0 Å². The molecule has 1 aliphatic rings. The van der Waals surface area contributed by atoms with Gasteiger partial charge in [0.1, 0.15) is 11.4 Å². The molecule has 0 saturated carbocycles. The second-order valence-electron chi connectivity index (χ2n) is 6.12. The Hall–Kier alpha value is -2.58. The molecule has 130 valence electrons. The standard InChI is InChI=1S/C15H16F3N3O3/c1-13(2,3)24-12(23)21-14(15(16,17)18)11(22)19-10(20-14)9-7-5-4-6-8-9/h4-8H,1-3H3,(H,21,23)(H,19,20,22). The van der Waals surface area contributed by atoms with Crippen molar-refractivity contribution in [3.05, 3.63) is 35.9 Å². The zero-order chi connectivity index (χ0) is 18.2. The van der Waals surface area contributed by atoms with Gasteiger partial charge in [0, 0.05) is 5.56 Å². The molecule has 2 rings (SSSR count). The van der Waals surface area contributed by atoms with Crippen LogP contribution in [0.1, 0.15) is 26.3 Å². The van der Waals surface area contributed by atoms with Crippen molar-refractivity contribution in [1.29, 1.82) is 0 Å². The average Bonchev–Trinajstić information content (AvgIpc) is 2.75. The molecular formula is C15H16F3N3O3. The number of nitrogens with one attached hydrogen (secondary N) is 2. The van der Waals surface area contributed by atoms with Crippen LogP contribution in [0.25, 0.3) is 0 Å². The highest BCUT2D eigenvalue weighted by atomic mass is 19.4. The highest BCUT2D eigenvalue weighted by Gasteiger charge is 2.65. The van der Waals surface area contributed by atoms with Gasteiger partial charge in [-0.1, -0.05) is 30.3 Å². The lowest BCUT2D eigenvalue weighted by atomic mass is 10.1. The Kier molecular flexibility index (Phi) is 4.30. The Labute approximate surface area is 136 Å². The molecule has 1 unspecified atom stereocenters. The van der Waals surface area contributed by atoms with Gasteiger partial charge < -0.3 is 10.1 Å². The number of carbonyl (C=O) groups excluding carboxylic acids is 2. The van der Waals surface area contributed by atoms with E-state index in [9.17, 15) is 22.8 Å². The molecule has 9 heteroatoms. The van der Waals surface area contributed by atoms with E-state index in [2.05, 4.69) is 10.3 Å². The van der Waals surface area contributed by atoms with E-state index in [4.69, 9.17) is 4.74 Å². The van der Waals surface area contributed by atoms with Crippen LogP contribution in [0.3, 0.4) is 0 Å². The largest absolute Gasteiger partial charge is 0.444 e. The zero-order valence-corrected chi connectivity index (χ0v) is 13.2. The summed E-state index contributed by atoms with van der Waals surface area (Å²) in [4.78, 5) is 27.2. The van der Waals surface area contributed by atoms with Gasteiger partial charge in [0.2, 0.25) is 0 Å². The third-order valence-electron chi connectivity index (χ3n) is 2.98. The van der Waals surface area contributed by atoms with Gasteiger partial charge >= 0.3 is 17.9 Å². The summed E-state index contributed by atoms with van der Waals surface area (Å²) in [7, 11) is 0. The van der Waals surface area contributed by atoms with E-state index >= 15 is 0 Å². The summed E-state index contributed by atoms with van der Waals surface area (Å²) in [6.45, 7) is 4.46. The second-order valence-corrected chi connectivity index (χ2v) is 6.12. The summed E-state index contributed by atoms with van der Waals surface area (Å²) in [5.74, 6) is -1.78. The van der Waals surface area contributed by atoms with Crippen molar-refractivity contribution in [2.75, 3.05) is 0 Å². The molecule has 0 spiro atoms. The number of aliphatic imine (C=N–C) groups is 1. The number of carbonyl (C=O) groups is 2. The molecule has 0 fully saturated rings. The van der Waals surface area contributed by atoms with E-state index in [1.165, 1.54) is 32.9 Å². The van der Waals surface area contributed by atoms with Crippen molar-refractivity contribution in [3.8, 4) is 0 Å². The number of hydrogen-bond acceptors (Lipinski definition) is 4. The number of alkyl halides is 3. The molecule has 2 amide bonds. The fraction of sp³-hybridized carbons (Fsp3) is 0.400. The Morgan fingerprint density at radius 1 is 1.21 bits per heavy atom. The minimum atomic E-state index is -5.15. The quantitative estimate of drug-likeness (QED) is 0.865. The fourth-order valence-corrected chi connectivity index (χ4v) is 1.98. The first-order valence-electron chi connectivity index (χ1n) is 6.99. The summed E-state index contributed by atoms with van der Waals surface area (Å²) < 4.78 is 45.3. The van der Waals surface area contributed by atoms with Crippen molar-refractivity contribution in [2.45, 2.75) is 38.2 Å². The minimum Gasteiger partial charge on any atom is -0.444 e. The molecule has 24 heavy (non-hydrogen) atoms. The number of benzene rings is 1. The molecule has 6 nitrogen and oxygen atoms in total. The zero-order valence-electron chi connectivity index (χ0n) is 13.2. The van der Waals surface area contributed by atoms with Crippen LogP contribution in [0.4, 0.5) is 18.0 Å². The van der Waals surface area contributed by atoms with Gasteiger partial charge in [-0.05, 0) is 20.8 Å². The van der Waals surface area contributed by atoms with E-state index in [1.54, 1.807) is 23.5 Å². The topological polar surface area (TPSA) is 79.8 Å². The fourth-order valence-electron chi connectivity index (χ4n) is 1.98. The lowest BCUT2D eigenvalue weighted by molar-refractivity contribution is -0.194. The molecule has 0 radical (unpaired) electrons. The maximum Gasteiger partial charge on any atom is 0.442 e. The van der Waals surface area contributed by atoms with Gasteiger partial charge in [0.05, 0.1) is 0 Å². The van der Waals surface area contributed by atoms with Crippen LogP contribution >= 0.6 is 0 Å². The van der Waals surface area contributed by atoms with Gasteiger partial charge in [-0.3, -0.25) is 10.1 Å². The number of amides is 2. The van der Waals surface area contributed by atoms with Crippen molar-refractivity contribution >= 4 is 17.8 Å². The SMILES string of the molecule is CC(C)(C)OC(=O)NC1(C(F)(F)F)N=C(c2ccccc2)NC1=O. The Morgan fingerprint density at radius 2 is 1.79 bits per heavy atom. The third-order valence-corrected chi connectivity index (χ3v) is 2.98. The summed E-state index contributed by atoms with van der Waals surface area (Å²) in [5.41, 5.74) is -4.18. The van der Waals surface area contributed by atoms with Crippen LogP contribution < -0.4 is 10.6 Å². The summed E-state index contributed by atoms with van der Waals surface area (Å²) in [6, 6.07) is 7.80. The maximum absolute atomic E-state index is 13.5. The molecule has 1 aromatic rings. The Bertz CT molecular complexity index is 681. The highest BCUT2D eigenvalue weighted by molar-refractivity contribution is 6.16. The molecule has 0 bridgehead atoms. The van der Waals surface area contributed by atoms with Crippen molar-refractivity contribution in [2.24, 2.45) is 4.99 Å². The highest BCUT2D eigenvalue weighted by Crippen LogP contribution is 2.35. The van der Waals surface area contributed by atoms with Gasteiger partial charge in [0.15, 0.2) is 0 Å². The van der Waals surface area contributed by atoms with E-state index in [-0.39, 0.29) is 11.4 Å².